The van der Waals surface area contributed by atoms with Crippen LogP contribution in [0.2, 0.25) is 0 Å². The lowest BCUT2D eigenvalue weighted by Gasteiger charge is -2.22. The average molecular weight is 358 g/mol. The van der Waals surface area contributed by atoms with Crippen LogP contribution in [0.4, 0.5) is 5.82 Å². The summed E-state index contributed by atoms with van der Waals surface area (Å²) in [5.74, 6) is 1.02. The normalized spacial score (nSPS) is 11.9. The van der Waals surface area contributed by atoms with Gasteiger partial charge in [-0.1, -0.05) is 23.8 Å². The maximum absolute atomic E-state index is 4.83. The zero-order chi connectivity index (χ0) is 15.9. The summed E-state index contributed by atoms with van der Waals surface area (Å²) in [4.78, 5) is 4.83. The summed E-state index contributed by atoms with van der Waals surface area (Å²) in [6, 6.07) is 12.5. The highest BCUT2D eigenvalue weighted by Gasteiger charge is 2.19. The van der Waals surface area contributed by atoms with Crippen molar-refractivity contribution in [1.29, 1.82) is 0 Å². The number of rotatable bonds is 2. The Balaban J connectivity index is 2.26. The molecule has 2 aromatic heterocycles. The van der Waals surface area contributed by atoms with E-state index in [1.54, 1.807) is 0 Å². The van der Waals surface area contributed by atoms with E-state index < -0.39 is 0 Å². The summed E-state index contributed by atoms with van der Waals surface area (Å²) in [5.41, 5.74) is 4.24. The van der Waals surface area contributed by atoms with E-state index in [0.717, 1.165) is 27.2 Å². The Morgan fingerprint density at radius 3 is 2.59 bits per heavy atom. The number of aryl methyl sites for hydroxylation is 1. The molecule has 3 aromatic rings. The van der Waals surface area contributed by atoms with Gasteiger partial charge in [-0.25, -0.2) is 4.98 Å². The predicted molar refractivity (Wildman–Crippen MR) is 96.4 cm³/mol. The molecule has 0 aliphatic heterocycles. The van der Waals surface area contributed by atoms with Gasteiger partial charge in [0.25, 0.3) is 0 Å². The van der Waals surface area contributed by atoms with Crippen molar-refractivity contribution in [3.05, 3.63) is 52.6 Å². The molecule has 2 heterocycles. The number of nitrogens with one attached hydrogen (secondary N) is 1. The van der Waals surface area contributed by atoms with Crippen molar-refractivity contribution < 1.29 is 0 Å². The van der Waals surface area contributed by atoms with Crippen LogP contribution in [-0.2, 0) is 0 Å². The molecule has 114 valence electrons. The van der Waals surface area contributed by atoms with E-state index in [9.17, 15) is 0 Å². The van der Waals surface area contributed by atoms with Crippen LogP contribution in [-0.4, -0.2) is 14.9 Å². The van der Waals surface area contributed by atoms with E-state index in [-0.39, 0.29) is 5.54 Å². The van der Waals surface area contributed by atoms with Crippen molar-refractivity contribution in [3.8, 4) is 11.3 Å². The quantitative estimate of drug-likeness (QED) is 0.675. The van der Waals surface area contributed by atoms with Crippen molar-refractivity contribution in [2.24, 2.45) is 0 Å². The zero-order valence-electron chi connectivity index (χ0n) is 13.3. The maximum Gasteiger partial charge on any atom is 0.139 e. The van der Waals surface area contributed by atoms with Gasteiger partial charge in [-0.05, 0) is 61.8 Å². The van der Waals surface area contributed by atoms with E-state index >= 15 is 0 Å². The first-order valence-electron chi connectivity index (χ1n) is 7.36. The topological polar surface area (TPSA) is 29.3 Å². The standard InChI is InChI=1S/C18H20BrN3/c1-12-6-5-7-13(10-12)16-17(21-18(2,3)4)22-11-14(19)8-9-15(22)20-16/h5-11,21H,1-4H3. The minimum Gasteiger partial charge on any atom is -0.365 e. The molecule has 0 radical (unpaired) electrons. The fourth-order valence-corrected chi connectivity index (χ4v) is 2.82. The van der Waals surface area contributed by atoms with Crippen molar-refractivity contribution in [3.63, 3.8) is 0 Å². The molecular formula is C18H20BrN3. The van der Waals surface area contributed by atoms with Gasteiger partial charge in [-0.2, -0.15) is 0 Å². The lowest BCUT2D eigenvalue weighted by Crippen LogP contribution is -2.27. The second-order valence-corrected chi connectivity index (χ2v) is 7.54. The van der Waals surface area contributed by atoms with Gasteiger partial charge in [0.1, 0.15) is 17.2 Å². The number of anilines is 1. The number of nitrogens with zero attached hydrogens (tertiary/aromatic N) is 2. The van der Waals surface area contributed by atoms with Gasteiger partial charge in [0.15, 0.2) is 0 Å². The van der Waals surface area contributed by atoms with E-state index in [1.165, 1.54) is 5.56 Å². The first-order valence-corrected chi connectivity index (χ1v) is 8.16. The number of imidazole rings is 1. The SMILES string of the molecule is Cc1cccc(-c2nc3ccc(Br)cn3c2NC(C)(C)C)c1. The van der Waals surface area contributed by atoms with Gasteiger partial charge in [-0.3, -0.25) is 4.40 Å². The largest absolute Gasteiger partial charge is 0.365 e. The molecule has 0 saturated heterocycles. The minimum absolute atomic E-state index is 0.0448. The lowest BCUT2D eigenvalue weighted by atomic mass is 10.1. The van der Waals surface area contributed by atoms with Crippen LogP contribution in [0.25, 0.3) is 16.9 Å². The molecule has 0 aliphatic carbocycles. The molecule has 0 unspecified atom stereocenters. The Hall–Kier alpha value is -1.81. The second kappa shape index (κ2) is 5.43. The number of pyridine rings is 1. The average Bonchev–Trinajstić information content (AvgIpc) is 2.75. The third-order valence-corrected chi connectivity index (χ3v) is 3.84. The van der Waals surface area contributed by atoms with Gasteiger partial charge >= 0.3 is 0 Å². The van der Waals surface area contributed by atoms with Crippen molar-refractivity contribution in [2.45, 2.75) is 33.2 Å². The third-order valence-electron chi connectivity index (χ3n) is 3.37. The molecule has 3 rings (SSSR count). The van der Waals surface area contributed by atoms with Gasteiger partial charge in [-0.15, -0.1) is 0 Å². The molecule has 1 N–H and O–H groups in total. The summed E-state index contributed by atoms with van der Waals surface area (Å²) < 4.78 is 3.14. The summed E-state index contributed by atoms with van der Waals surface area (Å²) in [5, 5.41) is 3.60. The van der Waals surface area contributed by atoms with Gasteiger partial charge in [0.2, 0.25) is 0 Å². The minimum atomic E-state index is -0.0448. The van der Waals surface area contributed by atoms with Crippen molar-refractivity contribution in [1.82, 2.24) is 9.38 Å². The fraction of sp³-hybridized carbons (Fsp3) is 0.278. The Bertz CT molecular complexity index is 828. The number of hydrogen-bond acceptors (Lipinski definition) is 2. The lowest BCUT2D eigenvalue weighted by molar-refractivity contribution is 0.629. The first-order chi connectivity index (χ1) is 10.3. The summed E-state index contributed by atoms with van der Waals surface area (Å²) in [7, 11) is 0. The van der Waals surface area contributed by atoms with Crippen molar-refractivity contribution >= 4 is 27.4 Å². The number of aromatic nitrogens is 2. The van der Waals surface area contributed by atoms with E-state index in [4.69, 9.17) is 4.98 Å². The summed E-state index contributed by atoms with van der Waals surface area (Å²) >= 11 is 3.55. The van der Waals surface area contributed by atoms with Crippen LogP contribution in [0, 0.1) is 6.92 Å². The number of hydrogen-bond donors (Lipinski definition) is 1. The maximum atomic E-state index is 4.83. The van der Waals surface area contributed by atoms with E-state index in [1.807, 2.05) is 12.1 Å². The van der Waals surface area contributed by atoms with Gasteiger partial charge in [0.05, 0.1) is 0 Å². The smallest absolute Gasteiger partial charge is 0.139 e. The van der Waals surface area contributed by atoms with Crippen LogP contribution in [0.15, 0.2) is 47.1 Å². The summed E-state index contributed by atoms with van der Waals surface area (Å²) in [6.07, 6.45) is 2.05. The van der Waals surface area contributed by atoms with Crippen LogP contribution in [0.5, 0.6) is 0 Å². The van der Waals surface area contributed by atoms with E-state index in [0.29, 0.717) is 0 Å². The molecular weight excluding hydrogens is 338 g/mol. The monoisotopic (exact) mass is 357 g/mol. The van der Waals surface area contributed by atoms with Crippen LogP contribution in [0.3, 0.4) is 0 Å². The van der Waals surface area contributed by atoms with Crippen molar-refractivity contribution in [2.75, 3.05) is 5.32 Å². The number of fused-ring (bicyclic) bond motifs is 1. The van der Waals surface area contributed by atoms with Gasteiger partial charge in [0, 0.05) is 21.8 Å². The highest BCUT2D eigenvalue weighted by Crippen LogP contribution is 2.32. The fourth-order valence-electron chi connectivity index (χ4n) is 2.49. The molecule has 0 atom stereocenters. The first kappa shape index (κ1) is 15.1. The molecule has 4 heteroatoms. The number of halogens is 1. The zero-order valence-corrected chi connectivity index (χ0v) is 14.9. The molecule has 1 aromatic carbocycles. The molecule has 0 spiro atoms. The highest BCUT2D eigenvalue weighted by atomic mass is 79.9. The Labute approximate surface area is 139 Å². The van der Waals surface area contributed by atoms with E-state index in [2.05, 4.69) is 83.8 Å². The number of benzene rings is 1. The second-order valence-electron chi connectivity index (χ2n) is 6.63. The molecule has 0 saturated carbocycles. The van der Waals surface area contributed by atoms with Crippen LogP contribution >= 0.6 is 15.9 Å². The highest BCUT2D eigenvalue weighted by molar-refractivity contribution is 9.10. The Morgan fingerprint density at radius 2 is 1.91 bits per heavy atom. The Kier molecular flexibility index (Phi) is 3.73. The predicted octanol–water partition coefficient (Wildman–Crippen LogP) is 5.28. The molecule has 3 nitrogen and oxygen atoms in total. The van der Waals surface area contributed by atoms with Crippen LogP contribution < -0.4 is 5.32 Å². The molecule has 22 heavy (non-hydrogen) atoms. The molecule has 0 bridgehead atoms. The van der Waals surface area contributed by atoms with Crippen LogP contribution in [0.1, 0.15) is 26.3 Å². The van der Waals surface area contributed by atoms with Gasteiger partial charge < -0.3 is 5.32 Å². The Morgan fingerprint density at radius 1 is 1.14 bits per heavy atom. The third kappa shape index (κ3) is 3.02. The molecule has 0 aliphatic rings. The summed E-state index contributed by atoms with van der Waals surface area (Å²) in [6.45, 7) is 8.58. The molecule has 0 fully saturated rings. The molecule has 0 amide bonds.